The quantitative estimate of drug-likeness (QED) is 0.362. The molecule has 0 aliphatic rings. The summed E-state index contributed by atoms with van der Waals surface area (Å²) < 4.78 is 4.61. The van der Waals surface area contributed by atoms with Crippen LogP contribution < -0.4 is 5.12 Å². The zero-order valence-corrected chi connectivity index (χ0v) is 10.9. The molecule has 18 heavy (non-hydrogen) atoms. The fourth-order valence-electron chi connectivity index (χ4n) is 1.01. The Balaban J connectivity index is 2.90. The van der Waals surface area contributed by atoms with Crippen molar-refractivity contribution < 1.29 is 9.53 Å². The van der Waals surface area contributed by atoms with E-state index in [1.54, 1.807) is 19.1 Å². The van der Waals surface area contributed by atoms with E-state index in [0.717, 1.165) is 0 Å². The lowest BCUT2D eigenvalue weighted by Crippen LogP contribution is -2.17. The maximum Gasteiger partial charge on any atom is 0.370 e. The number of carbonyl (C=O) groups excluding carboxylic acids is 1. The fourth-order valence-corrected chi connectivity index (χ4v) is 1.26. The van der Waals surface area contributed by atoms with Gasteiger partial charge in [0.25, 0.3) is 0 Å². The Morgan fingerprint density at radius 2 is 2.00 bits per heavy atom. The third-order valence-corrected chi connectivity index (χ3v) is 2.24. The number of nitroso groups, excluding NO2 is 1. The highest BCUT2D eigenvalue weighted by molar-refractivity contribution is 6.82. The van der Waals surface area contributed by atoms with Crippen LogP contribution in [0.4, 0.5) is 5.69 Å². The van der Waals surface area contributed by atoms with E-state index in [1.807, 2.05) is 0 Å². The minimum absolute atomic E-state index is 0.153. The van der Waals surface area contributed by atoms with Gasteiger partial charge in [0.1, 0.15) is 0 Å². The molecule has 0 amide bonds. The highest BCUT2D eigenvalue weighted by Crippen LogP contribution is 2.19. The lowest BCUT2D eigenvalue weighted by molar-refractivity contribution is -0.134. The molecule has 1 aromatic rings. The predicted molar refractivity (Wildman–Crippen MR) is 69.6 cm³/mol. The molecule has 96 valence electrons. The molecular formula is C10H9Cl2N3O3. The number of hydrogen-bond donors (Lipinski definition) is 0. The molecule has 0 saturated heterocycles. The molecule has 0 atom stereocenters. The van der Waals surface area contributed by atoms with Crippen molar-refractivity contribution in [2.45, 2.75) is 6.92 Å². The van der Waals surface area contributed by atoms with E-state index in [4.69, 9.17) is 23.2 Å². The average Bonchev–Trinajstić information content (AvgIpc) is 2.37. The van der Waals surface area contributed by atoms with Gasteiger partial charge in [-0.1, -0.05) is 23.2 Å². The first-order chi connectivity index (χ1) is 8.58. The number of rotatable bonds is 5. The normalized spacial score (nSPS) is 10.9. The highest BCUT2D eigenvalue weighted by atomic mass is 35.5. The number of nitrogens with zero attached hydrogens (tertiary/aromatic N) is 3. The van der Waals surface area contributed by atoms with Gasteiger partial charge in [0.2, 0.25) is 5.17 Å². The van der Waals surface area contributed by atoms with E-state index in [2.05, 4.69) is 15.1 Å². The van der Waals surface area contributed by atoms with Crippen molar-refractivity contribution in [2.75, 3.05) is 11.7 Å². The van der Waals surface area contributed by atoms with Gasteiger partial charge in [-0.2, -0.15) is 0 Å². The summed E-state index contributed by atoms with van der Waals surface area (Å²) in [5.41, 5.74) is 0.317. The minimum Gasteiger partial charge on any atom is -0.461 e. The molecule has 0 aromatic heterocycles. The zero-order valence-electron chi connectivity index (χ0n) is 9.34. The van der Waals surface area contributed by atoms with E-state index in [-0.39, 0.29) is 6.61 Å². The summed E-state index contributed by atoms with van der Waals surface area (Å²) in [6.45, 7) is 1.77. The van der Waals surface area contributed by atoms with Crippen LogP contribution in [-0.4, -0.2) is 17.7 Å². The van der Waals surface area contributed by atoms with E-state index >= 15 is 0 Å². The standard InChI is InChI=1S/C10H9Cl2N3O3/c1-2-18-10(16)9(12)13-15(14-17)8-5-3-7(11)4-6-8/h3-6H,2H2,1H3/b13-9-. The molecule has 6 nitrogen and oxygen atoms in total. The van der Waals surface area contributed by atoms with Gasteiger partial charge in [-0.05, 0) is 31.2 Å². The molecule has 8 heteroatoms. The number of esters is 1. The van der Waals surface area contributed by atoms with Gasteiger partial charge in [-0.25, -0.2) is 4.79 Å². The number of carbonyl (C=O) groups is 1. The average molecular weight is 290 g/mol. The van der Waals surface area contributed by atoms with E-state index in [9.17, 15) is 9.70 Å². The number of benzene rings is 1. The minimum atomic E-state index is -0.832. The Bertz CT molecular complexity index is 462. The van der Waals surface area contributed by atoms with Crippen molar-refractivity contribution in [3.8, 4) is 0 Å². The molecule has 0 unspecified atom stereocenters. The maximum atomic E-state index is 11.2. The van der Waals surface area contributed by atoms with Gasteiger partial charge < -0.3 is 4.74 Å². The molecule has 1 aromatic carbocycles. The van der Waals surface area contributed by atoms with Crippen LogP contribution in [0.25, 0.3) is 0 Å². The van der Waals surface area contributed by atoms with Crippen molar-refractivity contribution in [3.05, 3.63) is 34.2 Å². The lowest BCUT2D eigenvalue weighted by Gasteiger charge is -2.09. The van der Waals surface area contributed by atoms with Gasteiger partial charge >= 0.3 is 5.97 Å². The molecule has 0 aliphatic heterocycles. The van der Waals surface area contributed by atoms with Crippen LogP contribution in [-0.2, 0) is 9.53 Å². The third kappa shape index (κ3) is 3.97. The van der Waals surface area contributed by atoms with Gasteiger partial charge in [0.05, 0.1) is 17.6 Å². The molecule has 0 radical (unpaired) electrons. The number of hydrazone groups is 1. The smallest absolute Gasteiger partial charge is 0.370 e. The molecule has 0 aliphatic carbocycles. The Kier molecular flexibility index (Phi) is 5.54. The number of anilines is 1. The molecule has 1 rings (SSSR count). The molecule has 0 N–H and O–H groups in total. The first-order valence-electron chi connectivity index (χ1n) is 4.88. The van der Waals surface area contributed by atoms with Crippen molar-refractivity contribution in [2.24, 2.45) is 10.4 Å². The van der Waals surface area contributed by atoms with Crippen LogP contribution in [0.15, 0.2) is 34.7 Å². The first kappa shape index (κ1) is 14.4. The van der Waals surface area contributed by atoms with Crippen molar-refractivity contribution in [1.82, 2.24) is 0 Å². The SMILES string of the molecule is CCOC(=O)/C(Cl)=N/N(N=O)c1ccc(Cl)cc1. The Labute approximate surface area is 113 Å². The lowest BCUT2D eigenvalue weighted by atomic mass is 10.3. The second-order valence-electron chi connectivity index (χ2n) is 2.96. The summed E-state index contributed by atoms with van der Waals surface area (Å²) in [6, 6.07) is 6.09. The first-order valence-corrected chi connectivity index (χ1v) is 5.64. The van der Waals surface area contributed by atoms with Crippen LogP contribution in [0.1, 0.15) is 6.92 Å². The van der Waals surface area contributed by atoms with Crippen LogP contribution in [0, 0.1) is 4.91 Å². The van der Waals surface area contributed by atoms with Crippen LogP contribution in [0.3, 0.4) is 0 Å². The Hall–Kier alpha value is -1.66. The molecule has 0 bridgehead atoms. The predicted octanol–water partition coefficient (Wildman–Crippen LogP) is 2.94. The van der Waals surface area contributed by atoms with Crippen LogP contribution in [0.2, 0.25) is 5.02 Å². The molecule has 0 fully saturated rings. The van der Waals surface area contributed by atoms with E-state index < -0.39 is 11.1 Å². The molecular weight excluding hydrogens is 281 g/mol. The number of ether oxygens (including phenoxy) is 1. The van der Waals surface area contributed by atoms with Gasteiger partial charge in [0, 0.05) is 5.02 Å². The summed E-state index contributed by atoms with van der Waals surface area (Å²) in [6.07, 6.45) is 0. The molecule has 0 heterocycles. The Morgan fingerprint density at radius 1 is 1.39 bits per heavy atom. The summed E-state index contributed by atoms with van der Waals surface area (Å²) in [5.74, 6) is -0.832. The van der Waals surface area contributed by atoms with E-state index in [0.29, 0.717) is 15.8 Å². The van der Waals surface area contributed by atoms with Gasteiger partial charge in [0.15, 0.2) is 0 Å². The largest absolute Gasteiger partial charge is 0.461 e. The Morgan fingerprint density at radius 3 is 2.50 bits per heavy atom. The number of hydrogen-bond acceptors (Lipinski definition) is 5. The van der Waals surface area contributed by atoms with Gasteiger partial charge in [-0.15, -0.1) is 15.1 Å². The van der Waals surface area contributed by atoms with Crippen LogP contribution in [0.5, 0.6) is 0 Å². The number of halogens is 2. The summed E-state index contributed by atoms with van der Waals surface area (Å²) >= 11 is 11.3. The summed E-state index contributed by atoms with van der Waals surface area (Å²) in [4.78, 5) is 21.8. The second-order valence-corrected chi connectivity index (χ2v) is 3.75. The fraction of sp³-hybridized carbons (Fsp3) is 0.200. The van der Waals surface area contributed by atoms with Crippen LogP contribution >= 0.6 is 23.2 Å². The third-order valence-electron chi connectivity index (χ3n) is 1.76. The van der Waals surface area contributed by atoms with Gasteiger partial charge in [-0.3, -0.25) is 0 Å². The highest BCUT2D eigenvalue weighted by Gasteiger charge is 2.13. The molecule has 0 saturated carbocycles. The van der Waals surface area contributed by atoms with Crippen molar-refractivity contribution >= 4 is 40.0 Å². The zero-order chi connectivity index (χ0) is 13.5. The second kappa shape index (κ2) is 6.93. The molecule has 0 spiro atoms. The summed E-state index contributed by atoms with van der Waals surface area (Å²) in [7, 11) is 0. The van der Waals surface area contributed by atoms with Crippen molar-refractivity contribution in [3.63, 3.8) is 0 Å². The van der Waals surface area contributed by atoms with Crippen molar-refractivity contribution in [1.29, 1.82) is 0 Å². The topological polar surface area (TPSA) is 71.3 Å². The monoisotopic (exact) mass is 289 g/mol. The van der Waals surface area contributed by atoms with E-state index in [1.165, 1.54) is 12.1 Å². The summed E-state index contributed by atoms with van der Waals surface area (Å²) in [5, 5.41) is 6.82. The maximum absolute atomic E-state index is 11.2.